The highest BCUT2D eigenvalue weighted by Gasteiger charge is 2.24. The van der Waals surface area contributed by atoms with Gasteiger partial charge in [0.05, 0.1) is 17.8 Å². The topological polar surface area (TPSA) is 122 Å². The summed E-state index contributed by atoms with van der Waals surface area (Å²) in [6.45, 7) is 5.83. The molecular weight excluding hydrogens is 286 g/mol. The molecular formula is C14H19N5O3. The molecule has 0 unspecified atom stereocenters. The van der Waals surface area contributed by atoms with Crippen LogP contribution >= 0.6 is 0 Å². The van der Waals surface area contributed by atoms with Gasteiger partial charge < -0.3 is 11.1 Å². The van der Waals surface area contributed by atoms with Crippen LogP contribution < -0.4 is 16.5 Å². The van der Waals surface area contributed by atoms with Crippen LogP contribution in [0.4, 0.5) is 5.82 Å². The summed E-state index contributed by atoms with van der Waals surface area (Å²) in [7, 11) is 0. The van der Waals surface area contributed by atoms with Crippen LogP contribution in [0.25, 0.3) is 5.65 Å². The first kappa shape index (κ1) is 15.8. The highest BCUT2D eigenvalue weighted by Crippen LogP contribution is 2.30. The van der Waals surface area contributed by atoms with Gasteiger partial charge in [0.2, 0.25) is 5.91 Å². The lowest BCUT2D eigenvalue weighted by atomic mass is 9.92. The van der Waals surface area contributed by atoms with Crippen LogP contribution in [0.1, 0.15) is 36.8 Å². The lowest BCUT2D eigenvalue weighted by Crippen LogP contribution is -2.28. The average Bonchev–Trinajstić information content (AvgIpc) is 2.82. The van der Waals surface area contributed by atoms with Crippen LogP contribution in [-0.2, 0) is 10.2 Å². The van der Waals surface area contributed by atoms with Gasteiger partial charge in [0.15, 0.2) is 0 Å². The van der Waals surface area contributed by atoms with Crippen LogP contribution in [-0.4, -0.2) is 33.0 Å². The van der Waals surface area contributed by atoms with E-state index in [-0.39, 0.29) is 12.0 Å². The molecule has 0 aliphatic rings. The van der Waals surface area contributed by atoms with E-state index in [4.69, 9.17) is 10.9 Å². The van der Waals surface area contributed by atoms with Crippen LogP contribution in [0.3, 0.4) is 0 Å². The fourth-order valence-corrected chi connectivity index (χ4v) is 2.09. The fraction of sp³-hybridized carbons (Fsp3) is 0.357. The largest absolute Gasteiger partial charge is 0.366 e. The summed E-state index contributed by atoms with van der Waals surface area (Å²) in [5.41, 5.74) is 8.27. The van der Waals surface area contributed by atoms with Gasteiger partial charge >= 0.3 is 0 Å². The molecule has 2 amide bonds. The number of aromatic nitrogens is 2. The van der Waals surface area contributed by atoms with E-state index >= 15 is 0 Å². The van der Waals surface area contributed by atoms with Gasteiger partial charge in [-0.25, -0.2) is 10.5 Å². The Bertz CT molecular complexity index is 730. The minimum absolute atomic E-state index is 0.131. The van der Waals surface area contributed by atoms with E-state index in [1.807, 2.05) is 20.8 Å². The highest BCUT2D eigenvalue weighted by atomic mass is 16.5. The third-order valence-corrected chi connectivity index (χ3v) is 3.15. The molecule has 0 spiro atoms. The molecule has 0 saturated carbocycles. The van der Waals surface area contributed by atoms with E-state index in [0.717, 1.165) is 5.69 Å². The maximum Gasteiger partial charge on any atom is 0.262 e. The predicted octanol–water partition coefficient (Wildman–Crippen LogP) is 0.648. The summed E-state index contributed by atoms with van der Waals surface area (Å²) in [5.74, 6) is -0.554. The van der Waals surface area contributed by atoms with Crippen LogP contribution in [0.5, 0.6) is 0 Å². The Morgan fingerprint density at radius 1 is 1.36 bits per heavy atom. The number of hydroxylamine groups is 1. The SMILES string of the molecule is CC(C)(C)c1nc2ccc(C(N)=O)cn2c1NCC(=O)NO. The average molecular weight is 305 g/mol. The number of nitrogens with one attached hydrogen (secondary N) is 2. The third kappa shape index (κ3) is 3.01. The lowest BCUT2D eigenvalue weighted by molar-refractivity contribution is -0.127. The van der Waals surface area contributed by atoms with Gasteiger partial charge in [0, 0.05) is 11.6 Å². The number of amides is 2. The van der Waals surface area contributed by atoms with E-state index in [1.54, 1.807) is 28.2 Å². The fourth-order valence-electron chi connectivity index (χ4n) is 2.09. The van der Waals surface area contributed by atoms with Crippen molar-refractivity contribution in [1.82, 2.24) is 14.9 Å². The van der Waals surface area contributed by atoms with E-state index in [9.17, 15) is 9.59 Å². The number of hydrogen-bond acceptors (Lipinski definition) is 5. The number of nitrogens with zero attached hydrogens (tertiary/aromatic N) is 2. The van der Waals surface area contributed by atoms with E-state index < -0.39 is 11.8 Å². The molecule has 5 N–H and O–H groups in total. The van der Waals surface area contributed by atoms with E-state index in [2.05, 4.69) is 10.3 Å². The zero-order valence-electron chi connectivity index (χ0n) is 12.7. The molecule has 0 bridgehead atoms. The second-order valence-electron chi connectivity index (χ2n) is 5.96. The Morgan fingerprint density at radius 3 is 2.59 bits per heavy atom. The summed E-state index contributed by atoms with van der Waals surface area (Å²) in [6, 6.07) is 3.29. The number of carbonyl (C=O) groups is 2. The van der Waals surface area contributed by atoms with Crippen molar-refractivity contribution in [2.45, 2.75) is 26.2 Å². The second kappa shape index (κ2) is 5.64. The van der Waals surface area contributed by atoms with Crippen molar-refractivity contribution in [1.29, 1.82) is 0 Å². The number of carbonyl (C=O) groups excluding carboxylic acids is 2. The maximum atomic E-state index is 11.3. The van der Waals surface area contributed by atoms with Gasteiger partial charge in [0.25, 0.3) is 5.91 Å². The van der Waals surface area contributed by atoms with E-state index in [1.165, 1.54) is 0 Å². The molecule has 2 rings (SSSR count). The van der Waals surface area contributed by atoms with Gasteiger partial charge in [-0.15, -0.1) is 0 Å². The molecule has 22 heavy (non-hydrogen) atoms. The maximum absolute atomic E-state index is 11.3. The normalized spacial score (nSPS) is 11.5. The van der Waals surface area contributed by atoms with Gasteiger partial charge in [-0.2, -0.15) is 0 Å². The summed E-state index contributed by atoms with van der Waals surface area (Å²) in [4.78, 5) is 27.1. The molecule has 0 aliphatic heterocycles. The van der Waals surface area contributed by atoms with Crippen molar-refractivity contribution < 1.29 is 14.8 Å². The number of fused-ring (bicyclic) bond motifs is 1. The number of imidazole rings is 1. The first-order valence-corrected chi connectivity index (χ1v) is 6.73. The molecule has 2 heterocycles. The molecule has 0 radical (unpaired) electrons. The Hall–Kier alpha value is -2.61. The molecule has 0 fully saturated rings. The second-order valence-corrected chi connectivity index (χ2v) is 5.96. The molecule has 8 nitrogen and oxygen atoms in total. The molecule has 118 valence electrons. The number of nitrogens with two attached hydrogens (primary N) is 1. The zero-order valence-corrected chi connectivity index (χ0v) is 12.7. The van der Waals surface area contributed by atoms with Crippen LogP contribution in [0.15, 0.2) is 18.3 Å². The number of anilines is 1. The Kier molecular flexibility index (Phi) is 4.05. The monoisotopic (exact) mass is 305 g/mol. The lowest BCUT2D eigenvalue weighted by Gasteiger charge is -2.18. The molecule has 0 aliphatic carbocycles. The summed E-state index contributed by atoms with van der Waals surface area (Å²) in [5, 5.41) is 11.5. The van der Waals surface area contributed by atoms with Crippen molar-refractivity contribution in [3.8, 4) is 0 Å². The quantitative estimate of drug-likeness (QED) is 0.488. The van der Waals surface area contributed by atoms with Crippen molar-refractivity contribution >= 4 is 23.3 Å². The molecule has 0 atom stereocenters. The molecule has 0 aromatic carbocycles. The Labute approximate surface area is 127 Å². The summed E-state index contributed by atoms with van der Waals surface area (Å²) >= 11 is 0. The zero-order chi connectivity index (χ0) is 16.5. The summed E-state index contributed by atoms with van der Waals surface area (Å²) < 4.78 is 1.67. The minimum Gasteiger partial charge on any atom is -0.366 e. The van der Waals surface area contributed by atoms with Gasteiger partial charge in [-0.05, 0) is 12.1 Å². The molecule has 2 aromatic heterocycles. The van der Waals surface area contributed by atoms with Crippen molar-refractivity contribution in [2.24, 2.45) is 5.73 Å². The smallest absolute Gasteiger partial charge is 0.262 e. The van der Waals surface area contributed by atoms with Crippen molar-refractivity contribution in [3.05, 3.63) is 29.6 Å². The minimum atomic E-state index is -0.583. The van der Waals surface area contributed by atoms with Gasteiger partial charge in [-0.1, -0.05) is 20.8 Å². The third-order valence-electron chi connectivity index (χ3n) is 3.15. The van der Waals surface area contributed by atoms with Gasteiger partial charge in [0.1, 0.15) is 11.5 Å². The predicted molar refractivity (Wildman–Crippen MR) is 80.8 cm³/mol. The molecule has 2 aromatic rings. The molecule has 0 saturated heterocycles. The van der Waals surface area contributed by atoms with E-state index in [0.29, 0.717) is 17.0 Å². The molecule has 8 heteroatoms. The Morgan fingerprint density at radius 2 is 2.05 bits per heavy atom. The highest BCUT2D eigenvalue weighted by molar-refractivity contribution is 5.93. The number of pyridine rings is 1. The standard InChI is InChI=1S/C14H19N5O3/c1-14(2,3)11-13(16-6-10(20)18-22)19-7-8(12(15)21)4-5-9(19)17-11/h4-5,7,16,22H,6H2,1-3H3,(H2,15,21)(H,18,20). The Balaban J connectivity index is 2.57. The van der Waals surface area contributed by atoms with Crippen LogP contribution in [0.2, 0.25) is 0 Å². The first-order chi connectivity index (χ1) is 10.2. The van der Waals surface area contributed by atoms with Crippen molar-refractivity contribution in [3.63, 3.8) is 0 Å². The van der Waals surface area contributed by atoms with Gasteiger partial charge in [-0.3, -0.25) is 19.2 Å². The number of rotatable bonds is 4. The first-order valence-electron chi connectivity index (χ1n) is 6.73. The summed E-state index contributed by atoms with van der Waals surface area (Å²) in [6.07, 6.45) is 1.57. The van der Waals surface area contributed by atoms with Crippen molar-refractivity contribution in [2.75, 3.05) is 11.9 Å². The van der Waals surface area contributed by atoms with Crippen LogP contribution in [0, 0.1) is 0 Å². The number of primary amides is 1. The number of hydrogen-bond donors (Lipinski definition) is 4.